The predicted octanol–water partition coefficient (Wildman–Crippen LogP) is 2.45. The van der Waals surface area contributed by atoms with E-state index in [9.17, 15) is 19.5 Å². The average molecular weight is 529 g/mol. The highest BCUT2D eigenvalue weighted by atomic mass is 16.5. The number of carbonyl (C=O) groups excluding carboxylic acids is 3. The second kappa shape index (κ2) is 13.9. The first kappa shape index (κ1) is 29.1. The molecule has 0 saturated heterocycles. The Morgan fingerprint density at radius 1 is 0.897 bits per heavy atom. The molecule has 39 heavy (non-hydrogen) atoms. The van der Waals surface area contributed by atoms with Crippen molar-refractivity contribution in [1.82, 2.24) is 15.7 Å². The van der Waals surface area contributed by atoms with Crippen LogP contribution in [-0.4, -0.2) is 58.7 Å². The molecule has 2 atom stereocenters. The molecule has 0 unspecified atom stereocenters. The van der Waals surface area contributed by atoms with E-state index in [0.717, 1.165) is 11.1 Å². The van der Waals surface area contributed by atoms with Gasteiger partial charge in [0.2, 0.25) is 5.91 Å². The number of aliphatic hydroxyl groups is 1. The quantitative estimate of drug-likeness (QED) is 0.165. The largest absolute Gasteiger partial charge is 0.391 e. The molecule has 3 rings (SSSR count). The maximum absolute atomic E-state index is 12.4. The van der Waals surface area contributed by atoms with Gasteiger partial charge in [-0.05, 0) is 75.0 Å². The highest BCUT2D eigenvalue weighted by Crippen LogP contribution is 2.11. The molecule has 0 fully saturated rings. The van der Waals surface area contributed by atoms with Crippen molar-refractivity contribution in [3.05, 3.63) is 101 Å². The zero-order valence-electron chi connectivity index (χ0n) is 22.1. The molecule has 0 aliphatic heterocycles. The Morgan fingerprint density at radius 3 is 2.00 bits per heavy atom. The lowest BCUT2D eigenvalue weighted by atomic mass is 10.1. The summed E-state index contributed by atoms with van der Waals surface area (Å²) in [7, 11) is 1.90. The van der Waals surface area contributed by atoms with Crippen molar-refractivity contribution >= 4 is 23.4 Å². The zero-order chi connectivity index (χ0) is 28.4. The van der Waals surface area contributed by atoms with Crippen LogP contribution in [0.1, 0.15) is 39.5 Å². The molecule has 0 heterocycles. The molecule has 0 bridgehead atoms. The van der Waals surface area contributed by atoms with Gasteiger partial charge in [0.1, 0.15) is 6.04 Å². The molecule has 0 aliphatic rings. The highest BCUT2D eigenvalue weighted by molar-refractivity contribution is 5.97. The molecule has 9 nitrogen and oxygen atoms in total. The van der Waals surface area contributed by atoms with Gasteiger partial charge in [0.05, 0.1) is 12.6 Å². The summed E-state index contributed by atoms with van der Waals surface area (Å²) in [4.78, 5) is 38.4. The standard InChI is InChI=1S/C30H32N4O5/c1-20-4-6-24(7-5-20)18-34(3)19-27(36)31-26-16-12-23(13-17-26)9-8-22-10-14-25(15-11-22)29(37)32-28(21(2)35)30(38)33-39/h4-7,10-17,21,28,35,39H,18-19H2,1-3H3,(H,31,36)(H,32,37)(H,33,38)/t21-,28+/m1/s1. The Bertz CT molecular complexity index is 1340. The van der Waals surface area contributed by atoms with Crippen LogP contribution in [0.2, 0.25) is 0 Å². The van der Waals surface area contributed by atoms with Crippen LogP contribution in [0.25, 0.3) is 0 Å². The van der Waals surface area contributed by atoms with Gasteiger partial charge in [-0.2, -0.15) is 0 Å². The molecule has 5 N–H and O–H groups in total. The summed E-state index contributed by atoms with van der Waals surface area (Å²) in [5.74, 6) is 4.44. The van der Waals surface area contributed by atoms with Crippen LogP contribution in [0.3, 0.4) is 0 Å². The molecule has 202 valence electrons. The first-order chi connectivity index (χ1) is 18.6. The van der Waals surface area contributed by atoms with Crippen LogP contribution in [0.5, 0.6) is 0 Å². The number of amides is 3. The van der Waals surface area contributed by atoms with E-state index in [1.807, 2.05) is 31.0 Å². The summed E-state index contributed by atoms with van der Waals surface area (Å²) in [5, 5.41) is 23.7. The molecular weight excluding hydrogens is 496 g/mol. The Labute approximate surface area is 227 Å². The number of nitrogens with zero attached hydrogens (tertiary/aromatic N) is 1. The Morgan fingerprint density at radius 2 is 1.46 bits per heavy atom. The third-order valence-corrected chi connectivity index (χ3v) is 5.82. The van der Waals surface area contributed by atoms with Crippen LogP contribution in [0.15, 0.2) is 72.8 Å². The van der Waals surface area contributed by atoms with Crippen molar-refractivity contribution in [1.29, 1.82) is 0 Å². The molecule has 0 spiro atoms. The molecule has 3 amide bonds. The van der Waals surface area contributed by atoms with E-state index in [1.165, 1.54) is 18.0 Å². The van der Waals surface area contributed by atoms with Crippen molar-refractivity contribution in [2.45, 2.75) is 32.5 Å². The van der Waals surface area contributed by atoms with Gasteiger partial charge in [0.25, 0.3) is 11.8 Å². The van der Waals surface area contributed by atoms with Crippen molar-refractivity contribution < 1.29 is 24.7 Å². The van der Waals surface area contributed by atoms with Gasteiger partial charge in [-0.1, -0.05) is 41.7 Å². The number of carbonyl (C=O) groups is 3. The number of hydroxylamine groups is 1. The number of likely N-dealkylation sites (N-methyl/N-ethyl adjacent to an activating group) is 1. The number of nitrogens with one attached hydrogen (secondary N) is 3. The van der Waals surface area contributed by atoms with E-state index in [-0.39, 0.29) is 18.0 Å². The fourth-order valence-corrected chi connectivity index (χ4v) is 3.69. The summed E-state index contributed by atoms with van der Waals surface area (Å²) >= 11 is 0. The third-order valence-electron chi connectivity index (χ3n) is 5.82. The van der Waals surface area contributed by atoms with E-state index in [4.69, 9.17) is 5.21 Å². The Kier molecular flexibility index (Phi) is 10.3. The summed E-state index contributed by atoms with van der Waals surface area (Å²) in [6.07, 6.45) is -1.20. The molecular formula is C30H32N4O5. The second-order valence-electron chi connectivity index (χ2n) is 9.28. The highest BCUT2D eigenvalue weighted by Gasteiger charge is 2.25. The minimum Gasteiger partial charge on any atom is -0.391 e. The number of hydrogen-bond donors (Lipinski definition) is 5. The SMILES string of the molecule is Cc1ccc(CN(C)CC(=O)Nc2ccc(C#Cc3ccc(C(=O)N[C@H](C(=O)NO)[C@@H](C)O)cc3)cc2)cc1. The molecule has 0 saturated carbocycles. The van der Waals surface area contributed by atoms with E-state index in [2.05, 4.69) is 46.7 Å². The minimum atomic E-state index is -1.30. The van der Waals surface area contributed by atoms with Gasteiger partial charge in [-0.25, -0.2) is 5.48 Å². The van der Waals surface area contributed by atoms with Crippen LogP contribution < -0.4 is 16.1 Å². The molecule has 9 heteroatoms. The van der Waals surface area contributed by atoms with Gasteiger partial charge >= 0.3 is 0 Å². The van der Waals surface area contributed by atoms with Crippen molar-refractivity contribution in [2.24, 2.45) is 0 Å². The van der Waals surface area contributed by atoms with E-state index >= 15 is 0 Å². The van der Waals surface area contributed by atoms with Crippen LogP contribution in [-0.2, 0) is 16.1 Å². The molecule has 0 aliphatic carbocycles. The number of hydrogen-bond acceptors (Lipinski definition) is 6. The molecule has 3 aromatic rings. The number of aryl methyl sites for hydroxylation is 1. The average Bonchev–Trinajstić information content (AvgIpc) is 2.92. The van der Waals surface area contributed by atoms with Gasteiger partial charge in [0, 0.05) is 28.9 Å². The van der Waals surface area contributed by atoms with Crippen LogP contribution >= 0.6 is 0 Å². The van der Waals surface area contributed by atoms with E-state index in [1.54, 1.807) is 36.4 Å². The Hall–Kier alpha value is -4.49. The topological polar surface area (TPSA) is 131 Å². The van der Waals surface area contributed by atoms with Gasteiger partial charge in [0.15, 0.2) is 0 Å². The maximum atomic E-state index is 12.4. The summed E-state index contributed by atoms with van der Waals surface area (Å²) in [5.41, 5.74) is 6.13. The second-order valence-corrected chi connectivity index (χ2v) is 9.28. The van der Waals surface area contributed by atoms with Crippen molar-refractivity contribution in [3.8, 4) is 11.8 Å². The lowest BCUT2D eigenvalue weighted by molar-refractivity contribution is -0.133. The van der Waals surface area contributed by atoms with Gasteiger partial charge < -0.3 is 15.7 Å². The molecule has 0 aromatic heterocycles. The number of rotatable bonds is 9. The van der Waals surface area contributed by atoms with Gasteiger partial charge in [-0.15, -0.1) is 0 Å². The fourth-order valence-electron chi connectivity index (χ4n) is 3.69. The Balaban J connectivity index is 1.52. The van der Waals surface area contributed by atoms with Gasteiger partial charge in [-0.3, -0.25) is 24.5 Å². The third kappa shape index (κ3) is 9.09. The molecule has 0 radical (unpaired) electrons. The molecule has 3 aromatic carbocycles. The normalized spacial score (nSPS) is 12.1. The smallest absolute Gasteiger partial charge is 0.268 e. The van der Waals surface area contributed by atoms with Crippen LogP contribution in [0.4, 0.5) is 5.69 Å². The zero-order valence-corrected chi connectivity index (χ0v) is 22.1. The number of benzene rings is 3. The first-order valence-electron chi connectivity index (χ1n) is 12.3. The van der Waals surface area contributed by atoms with Crippen molar-refractivity contribution in [2.75, 3.05) is 18.9 Å². The minimum absolute atomic E-state index is 0.107. The number of anilines is 1. The van der Waals surface area contributed by atoms with Crippen molar-refractivity contribution in [3.63, 3.8) is 0 Å². The van der Waals surface area contributed by atoms with E-state index < -0.39 is 24.0 Å². The lowest BCUT2D eigenvalue weighted by Gasteiger charge is -2.19. The predicted molar refractivity (Wildman–Crippen MR) is 148 cm³/mol. The summed E-state index contributed by atoms with van der Waals surface area (Å²) in [6.45, 7) is 4.31. The first-order valence-corrected chi connectivity index (χ1v) is 12.3. The lowest BCUT2D eigenvalue weighted by Crippen LogP contribution is -2.51. The summed E-state index contributed by atoms with van der Waals surface area (Å²) in [6, 6.07) is 20.5. The number of aliphatic hydroxyl groups excluding tert-OH is 1. The van der Waals surface area contributed by atoms with Crippen LogP contribution in [0, 0.1) is 18.8 Å². The summed E-state index contributed by atoms with van der Waals surface area (Å²) < 4.78 is 0. The maximum Gasteiger partial charge on any atom is 0.268 e. The fraction of sp³-hybridized carbons (Fsp3) is 0.233. The van der Waals surface area contributed by atoms with E-state index in [0.29, 0.717) is 17.8 Å². The monoisotopic (exact) mass is 528 g/mol.